The molecule has 0 bridgehead atoms. The van der Waals surface area contributed by atoms with Crippen LogP contribution in [0.1, 0.15) is 54.9 Å². The number of methoxy groups -OCH3 is 2. The number of ether oxygens (including phenoxy) is 3. The molecule has 0 radical (unpaired) electrons. The second-order valence-corrected chi connectivity index (χ2v) is 14.6. The molecule has 50 heavy (non-hydrogen) atoms. The highest BCUT2D eigenvalue weighted by Gasteiger charge is 2.25. The average molecular weight is 723 g/mol. The lowest BCUT2D eigenvalue weighted by molar-refractivity contribution is 0.286. The van der Waals surface area contributed by atoms with Crippen LogP contribution >= 0.6 is 11.6 Å². The number of aromatic nitrogens is 2. The van der Waals surface area contributed by atoms with Crippen molar-refractivity contribution in [2.45, 2.75) is 58.8 Å². The van der Waals surface area contributed by atoms with E-state index in [0.29, 0.717) is 32.1 Å². The maximum absolute atomic E-state index is 13.1. The molecule has 1 aromatic heterocycles. The zero-order chi connectivity index (χ0) is 35.3. The number of anilines is 3. The standard InChI is InChI=1S/C37H47ClN6O5S/c1-4-5-22-49-37-40-35(39-23-28-8-10-29(11-9-28)24-43-20-6-7-21-43)34(42-50(45,46)27-38)36(41-37)44(25-30-12-16-32(47-2)17-13-30)26-31-14-18-33(48-3)19-15-31/h8-19,42H,4-7,20-27H2,1-3H3,(H,39,40,41). The second kappa shape index (κ2) is 18.1. The number of likely N-dealkylation sites (tertiary alicyclic amines) is 1. The molecule has 0 atom stereocenters. The molecular weight excluding hydrogens is 676 g/mol. The third-order valence-electron chi connectivity index (χ3n) is 8.45. The molecule has 4 aromatic rings. The molecule has 5 rings (SSSR count). The number of sulfonamides is 1. The summed E-state index contributed by atoms with van der Waals surface area (Å²) in [5.74, 6) is 2.09. The Morgan fingerprint density at radius 2 is 1.38 bits per heavy atom. The lowest BCUT2D eigenvalue weighted by atomic mass is 10.1. The predicted octanol–water partition coefficient (Wildman–Crippen LogP) is 7.03. The fourth-order valence-electron chi connectivity index (χ4n) is 5.69. The summed E-state index contributed by atoms with van der Waals surface area (Å²) in [6, 6.07) is 24.0. The number of nitrogens with zero attached hydrogens (tertiary/aromatic N) is 4. The molecular formula is C37H47ClN6O5S. The Morgan fingerprint density at radius 3 is 1.92 bits per heavy atom. The summed E-state index contributed by atoms with van der Waals surface area (Å²) >= 11 is 5.93. The summed E-state index contributed by atoms with van der Waals surface area (Å²) < 4.78 is 45.7. The third-order valence-corrected chi connectivity index (χ3v) is 10.1. The first-order valence-electron chi connectivity index (χ1n) is 16.9. The number of benzene rings is 3. The largest absolute Gasteiger partial charge is 0.497 e. The summed E-state index contributed by atoms with van der Waals surface area (Å²) in [5, 5.41) is 2.74. The fraction of sp³-hybridized carbons (Fsp3) is 0.405. The predicted molar refractivity (Wildman–Crippen MR) is 200 cm³/mol. The van der Waals surface area contributed by atoms with Crippen LogP contribution < -0.4 is 29.1 Å². The van der Waals surface area contributed by atoms with Gasteiger partial charge in [0.1, 0.15) is 22.4 Å². The molecule has 2 N–H and O–H groups in total. The molecule has 268 valence electrons. The Labute approximate surface area is 301 Å². The van der Waals surface area contributed by atoms with Gasteiger partial charge in [-0.15, -0.1) is 11.6 Å². The summed E-state index contributed by atoms with van der Waals surface area (Å²) in [6.07, 6.45) is 4.24. The topological polar surface area (TPSA) is 118 Å². The first kappa shape index (κ1) is 37.0. The molecule has 0 unspecified atom stereocenters. The Morgan fingerprint density at radius 1 is 0.820 bits per heavy atom. The lowest BCUT2D eigenvalue weighted by Gasteiger charge is -2.28. The summed E-state index contributed by atoms with van der Waals surface area (Å²) in [7, 11) is -0.711. The van der Waals surface area contributed by atoms with E-state index >= 15 is 0 Å². The van der Waals surface area contributed by atoms with E-state index in [-0.39, 0.29) is 17.5 Å². The summed E-state index contributed by atoms with van der Waals surface area (Å²) in [6.45, 7) is 6.86. The molecule has 1 fully saturated rings. The van der Waals surface area contributed by atoms with E-state index in [1.165, 1.54) is 18.4 Å². The highest BCUT2D eigenvalue weighted by molar-refractivity contribution is 7.93. The minimum atomic E-state index is -3.96. The van der Waals surface area contributed by atoms with Crippen LogP contribution in [-0.4, -0.2) is 62.4 Å². The van der Waals surface area contributed by atoms with Crippen molar-refractivity contribution in [3.63, 3.8) is 0 Å². The van der Waals surface area contributed by atoms with Gasteiger partial charge in [0, 0.05) is 26.2 Å². The van der Waals surface area contributed by atoms with Crippen LogP contribution in [0.15, 0.2) is 72.8 Å². The summed E-state index contributed by atoms with van der Waals surface area (Å²) in [5.41, 5.74) is 4.38. The maximum atomic E-state index is 13.1. The van der Waals surface area contributed by atoms with Crippen LogP contribution in [0.25, 0.3) is 0 Å². The molecule has 0 aliphatic carbocycles. The number of halogens is 1. The van der Waals surface area contributed by atoms with Gasteiger partial charge in [-0.1, -0.05) is 61.9 Å². The third kappa shape index (κ3) is 10.6. The molecule has 13 heteroatoms. The number of unbranched alkanes of at least 4 members (excludes halogenated alkanes) is 1. The van der Waals surface area contributed by atoms with Crippen LogP contribution in [0.2, 0.25) is 0 Å². The molecule has 1 aliphatic rings. The number of alkyl halides is 1. The second-order valence-electron chi connectivity index (χ2n) is 12.3. The van der Waals surface area contributed by atoms with E-state index in [0.717, 1.165) is 60.7 Å². The Hall–Kier alpha value is -4.26. The van der Waals surface area contributed by atoms with E-state index in [4.69, 9.17) is 30.8 Å². The Balaban J connectivity index is 1.54. The van der Waals surface area contributed by atoms with Gasteiger partial charge in [-0.25, -0.2) is 8.42 Å². The minimum Gasteiger partial charge on any atom is -0.497 e. The minimum absolute atomic E-state index is 0.139. The van der Waals surface area contributed by atoms with Crippen LogP contribution in [0.5, 0.6) is 17.5 Å². The molecule has 0 spiro atoms. The van der Waals surface area contributed by atoms with Crippen molar-refractivity contribution in [2.24, 2.45) is 0 Å². The van der Waals surface area contributed by atoms with Crippen molar-refractivity contribution in [3.8, 4) is 17.5 Å². The van der Waals surface area contributed by atoms with Crippen molar-refractivity contribution >= 4 is 38.9 Å². The van der Waals surface area contributed by atoms with Crippen molar-refractivity contribution in [3.05, 3.63) is 95.1 Å². The van der Waals surface area contributed by atoms with Gasteiger partial charge < -0.3 is 24.4 Å². The molecule has 0 saturated carbocycles. The molecule has 0 amide bonds. The van der Waals surface area contributed by atoms with E-state index in [1.54, 1.807) is 14.2 Å². The van der Waals surface area contributed by atoms with Crippen LogP contribution in [0, 0.1) is 0 Å². The molecule has 1 aliphatic heterocycles. The highest BCUT2D eigenvalue weighted by atomic mass is 35.5. The normalized spacial score (nSPS) is 13.2. The molecule has 1 saturated heterocycles. The monoisotopic (exact) mass is 722 g/mol. The van der Waals surface area contributed by atoms with E-state index in [2.05, 4.69) is 51.1 Å². The zero-order valence-electron chi connectivity index (χ0n) is 29.0. The lowest BCUT2D eigenvalue weighted by Crippen LogP contribution is -2.27. The van der Waals surface area contributed by atoms with Crippen molar-refractivity contribution in [2.75, 3.05) is 54.1 Å². The van der Waals surface area contributed by atoms with Crippen LogP contribution in [-0.2, 0) is 36.2 Å². The van der Waals surface area contributed by atoms with Crippen LogP contribution in [0.4, 0.5) is 17.3 Å². The number of rotatable bonds is 19. The van der Waals surface area contributed by atoms with Gasteiger partial charge in [0.15, 0.2) is 11.6 Å². The number of hydrogen-bond donors (Lipinski definition) is 2. The maximum Gasteiger partial charge on any atom is 0.320 e. The van der Waals surface area contributed by atoms with Gasteiger partial charge in [0.05, 0.1) is 20.8 Å². The average Bonchev–Trinajstić information content (AvgIpc) is 3.65. The zero-order valence-corrected chi connectivity index (χ0v) is 30.6. The molecule has 11 nitrogen and oxygen atoms in total. The quantitative estimate of drug-likeness (QED) is 0.0772. The smallest absolute Gasteiger partial charge is 0.320 e. The van der Waals surface area contributed by atoms with Gasteiger partial charge in [0.2, 0.25) is 10.0 Å². The SMILES string of the molecule is CCCCOc1nc(NCc2ccc(CN3CCCC3)cc2)c(NS(=O)(=O)CCl)c(N(Cc2ccc(OC)cc2)Cc2ccc(OC)cc2)n1. The van der Waals surface area contributed by atoms with E-state index in [1.807, 2.05) is 53.4 Å². The highest BCUT2D eigenvalue weighted by Crippen LogP contribution is 2.36. The Bertz CT molecular complexity index is 1700. The molecule has 3 aromatic carbocycles. The van der Waals surface area contributed by atoms with Gasteiger partial charge in [0.25, 0.3) is 0 Å². The van der Waals surface area contributed by atoms with Crippen LogP contribution in [0.3, 0.4) is 0 Å². The first-order valence-corrected chi connectivity index (χ1v) is 19.1. The number of nitrogens with one attached hydrogen (secondary N) is 2. The van der Waals surface area contributed by atoms with E-state index in [9.17, 15) is 8.42 Å². The van der Waals surface area contributed by atoms with Gasteiger partial charge in [-0.2, -0.15) is 9.97 Å². The molecule has 2 heterocycles. The fourth-order valence-corrected chi connectivity index (χ4v) is 6.41. The van der Waals surface area contributed by atoms with E-state index < -0.39 is 15.2 Å². The van der Waals surface area contributed by atoms with Crippen molar-refractivity contribution in [1.29, 1.82) is 0 Å². The van der Waals surface area contributed by atoms with Gasteiger partial charge in [-0.3, -0.25) is 9.62 Å². The number of hydrogen-bond acceptors (Lipinski definition) is 10. The van der Waals surface area contributed by atoms with Gasteiger partial charge >= 0.3 is 6.01 Å². The Kier molecular flexibility index (Phi) is 13.4. The first-order chi connectivity index (χ1) is 24.3. The van der Waals surface area contributed by atoms with Crippen molar-refractivity contribution in [1.82, 2.24) is 14.9 Å². The van der Waals surface area contributed by atoms with Gasteiger partial charge in [-0.05, 0) is 78.9 Å². The summed E-state index contributed by atoms with van der Waals surface area (Å²) in [4.78, 5) is 14.0. The van der Waals surface area contributed by atoms with Crippen molar-refractivity contribution < 1.29 is 22.6 Å².